The van der Waals surface area contributed by atoms with Gasteiger partial charge in [0.25, 0.3) is 5.91 Å². The summed E-state index contributed by atoms with van der Waals surface area (Å²) in [6.45, 7) is 4.83. The molecule has 2 aromatic carbocycles. The number of nitrogens with one attached hydrogen (secondary N) is 1. The molecule has 0 saturated heterocycles. The summed E-state index contributed by atoms with van der Waals surface area (Å²) in [4.78, 5) is 29.9. The third-order valence-corrected chi connectivity index (χ3v) is 5.86. The lowest BCUT2D eigenvalue weighted by molar-refractivity contribution is -0.134. The molecule has 0 aliphatic heterocycles. The van der Waals surface area contributed by atoms with Gasteiger partial charge in [0.05, 0.1) is 22.2 Å². The fourth-order valence-electron chi connectivity index (χ4n) is 4.10. The molecule has 1 amide bonds. The molecule has 0 atom stereocenters. The summed E-state index contributed by atoms with van der Waals surface area (Å²) in [5, 5.41) is 2.65. The first kappa shape index (κ1) is 28.7. The summed E-state index contributed by atoms with van der Waals surface area (Å²) < 4.78 is 78.9. The zero-order chi connectivity index (χ0) is 29.4. The minimum absolute atomic E-state index is 0.0229. The topological polar surface area (TPSA) is 81.4 Å². The molecule has 0 bridgehead atoms. The number of hydrogen-bond acceptors (Lipinski definition) is 5. The molecule has 4 aromatic rings. The summed E-state index contributed by atoms with van der Waals surface area (Å²) in [7, 11) is 1.38. The quantitative estimate of drug-likeness (QED) is 0.199. The van der Waals surface area contributed by atoms with Gasteiger partial charge in [0.1, 0.15) is 23.0 Å². The fourth-order valence-corrected chi connectivity index (χ4v) is 4.10. The first-order chi connectivity index (χ1) is 18.7. The van der Waals surface area contributed by atoms with Gasteiger partial charge in [0.15, 0.2) is 0 Å². The summed E-state index contributed by atoms with van der Waals surface area (Å²) in [6, 6.07) is 10.00. The predicted molar refractivity (Wildman–Crippen MR) is 138 cm³/mol. The first-order valence-corrected chi connectivity index (χ1v) is 12.2. The van der Waals surface area contributed by atoms with Crippen LogP contribution in [0.5, 0.6) is 0 Å². The monoisotopic (exact) mass is 560 g/mol. The number of nitrogens with zero attached hydrogens (tertiary/aromatic N) is 1. The molecule has 40 heavy (non-hydrogen) atoms. The van der Waals surface area contributed by atoms with Crippen molar-refractivity contribution in [1.29, 1.82) is 0 Å². The largest absolute Gasteiger partial charge is 0.456 e. The van der Waals surface area contributed by atoms with Crippen molar-refractivity contribution >= 4 is 23.0 Å². The van der Waals surface area contributed by atoms with Crippen LogP contribution in [0.25, 0.3) is 33.6 Å². The zero-order valence-electron chi connectivity index (χ0n) is 22.0. The maximum absolute atomic E-state index is 14.6. The highest BCUT2D eigenvalue weighted by Crippen LogP contribution is 2.38. The summed E-state index contributed by atoms with van der Waals surface area (Å²) in [6.07, 6.45) is -6.28. The highest BCUT2D eigenvalue weighted by Gasteiger charge is 2.30. The van der Waals surface area contributed by atoms with E-state index in [1.807, 2.05) is 0 Å². The van der Waals surface area contributed by atoms with Gasteiger partial charge >= 0.3 is 12.1 Å². The molecule has 0 aliphatic rings. The number of furan rings is 1. The third-order valence-electron chi connectivity index (χ3n) is 5.86. The van der Waals surface area contributed by atoms with Crippen LogP contribution in [0.1, 0.15) is 53.6 Å². The summed E-state index contributed by atoms with van der Waals surface area (Å²) in [5.41, 5.74) is -0.823. The van der Waals surface area contributed by atoms with E-state index in [0.29, 0.717) is 5.56 Å². The number of alkyl halides is 3. The average Bonchev–Trinajstić information content (AvgIpc) is 3.24. The average molecular weight is 561 g/mol. The van der Waals surface area contributed by atoms with Crippen molar-refractivity contribution in [3.8, 4) is 22.5 Å². The van der Waals surface area contributed by atoms with Crippen LogP contribution in [0.3, 0.4) is 0 Å². The molecule has 210 valence electrons. The van der Waals surface area contributed by atoms with Crippen LogP contribution < -0.4 is 5.32 Å². The lowest BCUT2D eigenvalue weighted by atomic mass is 9.96. The molecule has 0 unspecified atom stereocenters. The zero-order valence-corrected chi connectivity index (χ0v) is 22.0. The Labute approximate surface area is 226 Å². The second kappa shape index (κ2) is 10.7. The SMILES string of the molecule is CNC(=O)c1c(-c2ccc(F)cc2)oc2nc(CCC(F)(F)F)c(-c3ccc(F)c(C(=O)OC(C)(C)C)c3)cc12. The normalized spacial score (nSPS) is 12.0. The Bertz CT molecular complexity index is 1590. The summed E-state index contributed by atoms with van der Waals surface area (Å²) in [5.74, 6) is -2.90. The molecular formula is C29H25F5N2O4. The fraction of sp³-hybridized carbons (Fsp3) is 0.276. The Kier molecular flexibility index (Phi) is 7.69. The molecule has 1 N–H and O–H groups in total. The van der Waals surface area contributed by atoms with E-state index in [1.165, 1.54) is 49.5 Å². The second-order valence-electron chi connectivity index (χ2n) is 10.0. The number of pyridine rings is 1. The lowest BCUT2D eigenvalue weighted by Crippen LogP contribution is -2.24. The number of carbonyl (C=O) groups excluding carboxylic acids is 2. The van der Waals surface area contributed by atoms with Crippen molar-refractivity contribution in [3.05, 3.63) is 77.0 Å². The van der Waals surface area contributed by atoms with Crippen molar-refractivity contribution in [3.63, 3.8) is 0 Å². The van der Waals surface area contributed by atoms with Gasteiger partial charge in [0, 0.05) is 24.6 Å². The van der Waals surface area contributed by atoms with E-state index in [0.717, 1.165) is 6.07 Å². The smallest absolute Gasteiger partial charge is 0.389 e. The highest BCUT2D eigenvalue weighted by molar-refractivity contribution is 6.11. The minimum Gasteiger partial charge on any atom is -0.456 e. The number of aryl methyl sites for hydroxylation is 1. The second-order valence-corrected chi connectivity index (χ2v) is 10.0. The molecule has 0 fully saturated rings. The van der Waals surface area contributed by atoms with Crippen LogP contribution in [0.4, 0.5) is 22.0 Å². The molecule has 0 spiro atoms. The Morgan fingerprint density at radius 1 is 0.975 bits per heavy atom. The Balaban J connectivity index is 1.96. The van der Waals surface area contributed by atoms with Crippen molar-refractivity contribution in [2.75, 3.05) is 7.05 Å². The van der Waals surface area contributed by atoms with Gasteiger partial charge < -0.3 is 14.5 Å². The molecule has 4 rings (SSSR count). The molecule has 6 nitrogen and oxygen atoms in total. The van der Waals surface area contributed by atoms with Crippen molar-refractivity contribution in [2.24, 2.45) is 0 Å². The predicted octanol–water partition coefficient (Wildman–Crippen LogP) is 7.25. The van der Waals surface area contributed by atoms with Crippen molar-refractivity contribution in [1.82, 2.24) is 10.3 Å². The van der Waals surface area contributed by atoms with Crippen LogP contribution >= 0.6 is 0 Å². The van der Waals surface area contributed by atoms with Crippen molar-refractivity contribution in [2.45, 2.75) is 45.4 Å². The standard InChI is InChI=1S/C29H25F5N2O4/c1-28(2,3)40-27(38)19-13-16(7-10-21(19)31)18-14-20-23(25(37)35-4)24(15-5-8-17(30)9-6-15)39-26(20)36-22(18)11-12-29(32,33)34/h5-10,13-14H,11-12H2,1-4H3,(H,35,37). The number of ether oxygens (including phenoxy) is 1. The van der Waals surface area contributed by atoms with Gasteiger partial charge in [-0.25, -0.2) is 18.6 Å². The molecule has 2 aromatic heterocycles. The molecule has 0 saturated carbocycles. The maximum atomic E-state index is 14.6. The number of halogens is 5. The first-order valence-electron chi connectivity index (χ1n) is 12.2. The van der Waals surface area contributed by atoms with Crippen LogP contribution in [-0.2, 0) is 11.2 Å². The van der Waals surface area contributed by atoms with Crippen LogP contribution in [-0.4, -0.2) is 35.7 Å². The number of rotatable bonds is 6. The number of amides is 1. The van der Waals surface area contributed by atoms with E-state index >= 15 is 0 Å². The van der Waals surface area contributed by atoms with Gasteiger partial charge in [-0.1, -0.05) is 6.07 Å². The third kappa shape index (κ3) is 6.30. The van der Waals surface area contributed by atoms with Gasteiger partial charge in [-0.2, -0.15) is 13.2 Å². The van der Waals surface area contributed by atoms with Crippen LogP contribution in [0.2, 0.25) is 0 Å². The van der Waals surface area contributed by atoms with Gasteiger partial charge in [-0.05, 0) is 75.2 Å². The number of esters is 1. The summed E-state index contributed by atoms with van der Waals surface area (Å²) >= 11 is 0. The maximum Gasteiger partial charge on any atom is 0.389 e. The van der Waals surface area contributed by atoms with E-state index < -0.39 is 53.7 Å². The van der Waals surface area contributed by atoms with Crippen LogP contribution in [0.15, 0.2) is 52.9 Å². The molecule has 0 aliphatic carbocycles. The van der Waals surface area contributed by atoms with Crippen molar-refractivity contribution < 1.29 is 40.7 Å². The number of benzene rings is 2. The molecule has 11 heteroatoms. The van der Waals surface area contributed by atoms with E-state index in [2.05, 4.69) is 10.3 Å². The van der Waals surface area contributed by atoms with E-state index in [-0.39, 0.29) is 39.2 Å². The Hall–Kier alpha value is -4.28. The van der Waals surface area contributed by atoms with E-state index in [9.17, 15) is 31.5 Å². The number of fused-ring (bicyclic) bond motifs is 1. The van der Waals surface area contributed by atoms with Crippen LogP contribution in [0, 0.1) is 11.6 Å². The minimum atomic E-state index is -4.51. The van der Waals surface area contributed by atoms with Gasteiger partial charge in [0.2, 0.25) is 5.71 Å². The van der Waals surface area contributed by atoms with E-state index in [1.54, 1.807) is 20.8 Å². The molecule has 0 radical (unpaired) electrons. The molecule has 2 heterocycles. The van der Waals surface area contributed by atoms with Gasteiger partial charge in [-0.15, -0.1) is 0 Å². The lowest BCUT2D eigenvalue weighted by Gasteiger charge is -2.20. The number of aromatic nitrogens is 1. The van der Waals surface area contributed by atoms with Gasteiger partial charge in [-0.3, -0.25) is 4.79 Å². The number of hydrogen-bond donors (Lipinski definition) is 1. The number of carbonyl (C=O) groups is 2. The Morgan fingerprint density at radius 2 is 1.62 bits per heavy atom. The molecular weight excluding hydrogens is 535 g/mol. The highest BCUT2D eigenvalue weighted by atomic mass is 19.4. The van der Waals surface area contributed by atoms with E-state index in [4.69, 9.17) is 9.15 Å². The Morgan fingerprint density at radius 3 is 2.23 bits per heavy atom.